The van der Waals surface area contributed by atoms with Gasteiger partial charge in [-0.1, -0.05) is 12.1 Å². The smallest absolute Gasteiger partial charge is 0.282 e. The molecular weight excluding hydrogens is 270 g/mol. The molecule has 1 fully saturated rings. The highest BCUT2D eigenvalue weighted by Crippen LogP contribution is 2.20. The van der Waals surface area contributed by atoms with Crippen molar-refractivity contribution in [3.05, 3.63) is 39.9 Å². The number of likely N-dealkylation sites (N-methyl/N-ethyl adjacent to an activating group) is 1. The molecule has 19 heavy (non-hydrogen) atoms. The number of amides is 1. The third kappa shape index (κ3) is 3.21. The molecule has 0 radical (unpaired) electrons. The monoisotopic (exact) mass is 285 g/mol. The Hall–Kier alpha value is -1.66. The molecular formula is C12H16ClN3O3. The molecule has 0 aliphatic carbocycles. The number of rotatable bonds is 3. The number of nitro benzene ring substituents is 1. The molecule has 6 nitrogen and oxygen atoms in total. The lowest BCUT2D eigenvalue weighted by molar-refractivity contribution is -0.385. The van der Waals surface area contributed by atoms with Gasteiger partial charge in [-0.15, -0.1) is 12.4 Å². The molecule has 1 aliphatic rings. The maximum absolute atomic E-state index is 12.3. The first-order valence-electron chi connectivity index (χ1n) is 5.82. The van der Waals surface area contributed by atoms with Gasteiger partial charge in [0.15, 0.2) is 0 Å². The summed E-state index contributed by atoms with van der Waals surface area (Å²) in [6.45, 7) is 1.61. The van der Waals surface area contributed by atoms with Gasteiger partial charge in [0.05, 0.1) is 4.92 Å². The van der Waals surface area contributed by atoms with Gasteiger partial charge in [0.2, 0.25) is 0 Å². The van der Waals surface area contributed by atoms with Crippen LogP contribution in [0.1, 0.15) is 16.8 Å². The van der Waals surface area contributed by atoms with Gasteiger partial charge < -0.3 is 10.2 Å². The number of nitro groups is 1. The highest BCUT2D eigenvalue weighted by atomic mass is 35.5. The zero-order valence-corrected chi connectivity index (χ0v) is 11.4. The molecule has 1 heterocycles. The Morgan fingerprint density at radius 1 is 1.47 bits per heavy atom. The maximum atomic E-state index is 12.3. The van der Waals surface area contributed by atoms with E-state index in [0.717, 1.165) is 19.5 Å². The van der Waals surface area contributed by atoms with Crippen molar-refractivity contribution in [1.29, 1.82) is 0 Å². The van der Waals surface area contributed by atoms with Crippen LogP contribution in [0.4, 0.5) is 5.69 Å². The normalized spacial score (nSPS) is 17.6. The van der Waals surface area contributed by atoms with E-state index in [2.05, 4.69) is 5.32 Å². The fraction of sp³-hybridized carbons (Fsp3) is 0.417. The first-order chi connectivity index (χ1) is 8.61. The number of nitrogens with one attached hydrogen (secondary N) is 1. The van der Waals surface area contributed by atoms with Crippen molar-refractivity contribution < 1.29 is 9.72 Å². The van der Waals surface area contributed by atoms with Crippen LogP contribution < -0.4 is 5.32 Å². The van der Waals surface area contributed by atoms with E-state index >= 15 is 0 Å². The Morgan fingerprint density at radius 3 is 2.74 bits per heavy atom. The van der Waals surface area contributed by atoms with Gasteiger partial charge in [0.25, 0.3) is 11.6 Å². The van der Waals surface area contributed by atoms with Crippen LogP contribution in [0, 0.1) is 10.1 Å². The number of hydrogen-bond donors (Lipinski definition) is 1. The van der Waals surface area contributed by atoms with Gasteiger partial charge in [-0.25, -0.2) is 0 Å². The zero-order valence-electron chi connectivity index (χ0n) is 10.5. The molecule has 1 aromatic carbocycles. The number of para-hydroxylation sites is 1. The summed E-state index contributed by atoms with van der Waals surface area (Å²) in [7, 11) is 1.69. The Morgan fingerprint density at radius 2 is 2.16 bits per heavy atom. The number of hydrogen-bond acceptors (Lipinski definition) is 4. The molecule has 1 saturated heterocycles. The molecule has 0 spiro atoms. The molecule has 1 amide bonds. The molecule has 0 aromatic heterocycles. The number of benzene rings is 1. The third-order valence-electron chi connectivity index (χ3n) is 3.23. The highest BCUT2D eigenvalue weighted by Gasteiger charge is 2.28. The van der Waals surface area contributed by atoms with E-state index in [0.29, 0.717) is 0 Å². The van der Waals surface area contributed by atoms with Crippen LogP contribution in [0.3, 0.4) is 0 Å². The zero-order chi connectivity index (χ0) is 13.1. The highest BCUT2D eigenvalue weighted by molar-refractivity contribution is 5.98. The van der Waals surface area contributed by atoms with Gasteiger partial charge in [-0.2, -0.15) is 0 Å². The van der Waals surface area contributed by atoms with Crippen molar-refractivity contribution in [3.8, 4) is 0 Å². The summed E-state index contributed by atoms with van der Waals surface area (Å²) in [5.74, 6) is -0.295. The van der Waals surface area contributed by atoms with Crippen molar-refractivity contribution >= 4 is 24.0 Å². The van der Waals surface area contributed by atoms with Gasteiger partial charge in [-0.05, 0) is 19.0 Å². The van der Waals surface area contributed by atoms with E-state index in [-0.39, 0.29) is 35.6 Å². The topological polar surface area (TPSA) is 75.5 Å². The SMILES string of the molecule is CN(C(=O)c1ccccc1[N+](=O)[O-])C1CCNC1.Cl. The lowest BCUT2D eigenvalue weighted by atomic mass is 10.1. The van der Waals surface area contributed by atoms with Crippen molar-refractivity contribution in [2.24, 2.45) is 0 Å². The van der Waals surface area contributed by atoms with Gasteiger partial charge in [0.1, 0.15) is 5.56 Å². The lowest BCUT2D eigenvalue weighted by Gasteiger charge is -2.23. The second-order valence-corrected chi connectivity index (χ2v) is 4.34. The van der Waals surface area contributed by atoms with Crippen LogP contribution in [-0.2, 0) is 0 Å². The van der Waals surface area contributed by atoms with Gasteiger partial charge in [-0.3, -0.25) is 14.9 Å². The van der Waals surface area contributed by atoms with Gasteiger partial charge in [0, 0.05) is 25.7 Å². The molecule has 0 bridgehead atoms. The number of nitrogens with zero attached hydrogens (tertiary/aromatic N) is 2. The summed E-state index contributed by atoms with van der Waals surface area (Å²) in [5, 5.41) is 14.1. The fourth-order valence-corrected chi connectivity index (χ4v) is 2.14. The van der Waals surface area contributed by atoms with Crippen LogP contribution in [0.5, 0.6) is 0 Å². The third-order valence-corrected chi connectivity index (χ3v) is 3.23. The minimum Gasteiger partial charge on any atom is -0.337 e. The first kappa shape index (κ1) is 15.4. The molecule has 2 rings (SSSR count). The number of carbonyl (C=O) groups is 1. The summed E-state index contributed by atoms with van der Waals surface area (Å²) in [6, 6.07) is 6.16. The molecule has 1 aromatic rings. The van der Waals surface area contributed by atoms with E-state index in [4.69, 9.17) is 0 Å². The predicted octanol–water partition coefficient (Wildman–Crippen LogP) is 1.45. The van der Waals surface area contributed by atoms with Crippen molar-refractivity contribution in [1.82, 2.24) is 10.2 Å². The van der Waals surface area contributed by atoms with Crippen LogP contribution in [-0.4, -0.2) is 41.9 Å². The Bertz CT molecular complexity index is 475. The van der Waals surface area contributed by atoms with Crippen molar-refractivity contribution in [2.75, 3.05) is 20.1 Å². The van der Waals surface area contributed by atoms with Crippen LogP contribution in [0.25, 0.3) is 0 Å². The standard InChI is InChI=1S/C12H15N3O3.ClH/c1-14(9-6-7-13-8-9)12(16)10-4-2-3-5-11(10)15(17)18;/h2-5,9,13H,6-8H2,1H3;1H. The van der Waals surface area contributed by atoms with E-state index < -0.39 is 4.92 Å². The van der Waals surface area contributed by atoms with Crippen LogP contribution in [0.2, 0.25) is 0 Å². The summed E-state index contributed by atoms with van der Waals surface area (Å²) in [4.78, 5) is 24.2. The minimum absolute atomic E-state index is 0. The molecule has 7 heteroatoms. The summed E-state index contributed by atoms with van der Waals surface area (Å²) in [6.07, 6.45) is 0.878. The van der Waals surface area contributed by atoms with Crippen LogP contribution >= 0.6 is 12.4 Å². The Kier molecular flexibility index (Phi) is 5.26. The second-order valence-electron chi connectivity index (χ2n) is 4.34. The average molecular weight is 286 g/mol. The van der Waals surface area contributed by atoms with E-state index in [1.165, 1.54) is 12.1 Å². The fourth-order valence-electron chi connectivity index (χ4n) is 2.14. The molecule has 0 saturated carbocycles. The quantitative estimate of drug-likeness (QED) is 0.674. The summed E-state index contributed by atoms with van der Waals surface area (Å²) >= 11 is 0. The van der Waals surface area contributed by atoms with E-state index in [9.17, 15) is 14.9 Å². The molecule has 1 atom stereocenters. The summed E-state index contributed by atoms with van der Waals surface area (Å²) < 4.78 is 0. The second kappa shape index (κ2) is 6.49. The first-order valence-corrected chi connectivity index (χ1v) is 5.82. The average Bonchev–Trinajstić information content (AvgIpc) is 2.90. The van der Waals surface area contributed by atoms with E-state index in [1.807, 2.05) is 0 Å². The lowest BCUT2D eigenvalue weighted by Crippen LogP contribution is -2.38. The Labute approximate surface area is 117 Å². The van der Waals surface area contributed by atoms with Crippen molar-refractivity contribution in [3.63, 3.8) is 0 Å². The molecule has 1 N–H and O–H groups in total. The number of carbonyl (C=O) groups excluding carboxylic acids is 1. The van der Waals surface area contributed by atoms with Crippen LogP contribution in [0.15, 0.2) is 24.3 Å². The molecule has 1 aliphatic heterocycles. The summed E-state index contributed by atoms with van der Waals surface area (Å²) in [5.41, 5.74) is 0.0113. The molecule has 1 unspecified atom stereocenters. The largest absolute Gasteiger partial charge is 0.337 e. The molecule has 104 valence electrons. The minimum atomic E-state index is -0.520. The maximum Gasteiger partial charge on any atom is 0.282 e. The van der Waals surface area contributed by atoms with E-state index in [1.54, 1.807) is 24.1 Å². The van der Waals surface area contributed by atoms with Crippen molar-refractivity contribution in [2.45, 2.75) is 12.5 Å². The Balaban J connectivity index is 0.00000180. The van der Waals surface area contributed by atoms with Gasteiger partial charge >= 0.3 is 0 Å². The number of halogens is 1. The predicted molar refractivity (Wildman–Crippen MR) is 73.7 cm³/mol.